The summed E-state index contributed by atoms with van der Waals surface area (Å²) in [6.07, 6.45) is 5.50. The molecule has 0 bridgehead atoms. The van der Waals surface area contributed by atoms with Gasteiger partial charge in [-0.05, 0) is 56.5 Å². The summed E-state index contributed by atoms with van der Waals surface area (Å²) in [7, 11) is 0. The number of hydrogen-bond acceptors (Lipinski definition) is 5. The van der Waals surface area contributed by atoms with Crippen molar-refractivity contribution < 1.29 is 19.4 Å². The van der Waals surface area contributed by atoms with E-state index in [1.165, 1.54) is 0 Å². The number of nitrogens with zero attached hydrogens (tertiary/aromatic N) is 3. The summed E-state index contributed by atoms with van der Waals surface area (Å²) >= 11 is 12.6. The maximum atomic E-state index is 11.3. The molecule has 0 radical (unpaired) electrons. The lowest BCUT2D eigenvalue weighted by molar-refractivity contribution is -0.0365. The molecule has 2 aromatic heterocycles. The average Bonchev–Trinajstić information content (AvgIpc) is 3.23. The van der Waals surface area contributed by atoms with Crippen molar-refractivity contribution in [1.82, 2.24) is 14.8 Å². The molecule has 1 saturated heterocycles. The van der Waals surface area contributed by atoms with E-state index in [1.54, 1.807) is 36.7 Å². The van der Waals surface area contributed by atoms with Gasteiger partial charge in [0.1, 0.15) is 17.5 Å². The highest BCUT2D eigenvalue weighted by Gasteiger charge is 2.23. The zero-order valence-corrected chi connectivity index (χ0v) is 20.5. The van der Waals surface area contributed by atoms with Crippen LogP contribution in [0, 0.1) is 0 Å². The molecule has 5 rings (SSSR count). The highest BCUT2D eigenvalue weighted by atomic mass is 35.5. The van der Waals surface area contributed by atoms with E-state index in [-0.39, 0.29) is 11.8 Å². The summed E-state index contributed by atoms with van der Waals surface area (Å²) in [5, 5.41) is 15.9. The molecule has 1 unspecified atom stereocenters. The number of rotatable bonds is 6. The van der Waals surface area contributed by atoms with E-state index >= 15 is 0 Å². The topological polar surface area (TPSA) is 86.5 Å². The first kappa shape index (κ1) is 23.6. The third-order valence-electron chi connectivity index (χ3n) is 6.12. The normalized spacial score (nSPS) is 16.8. The van der Waals surface area contributed by atoms with Gasteiger partial charge in [0.25, 0.3) is 0 Å². The van der Waals surface area contributed by atoms with Crippen LogP contribution in [0.15, 0.2) is 54.9 Å². The van der Waals surface area contributed by atoms with Crippen LogP contribution in [0.5, 0.6) is 5.75 Å². The number of carbonyl (C=O) groups is 1. The summed E-state index contributed by atoms with van der Waals surface area (Å²) in [5.74, 6) is -0.345. The van der Waals surface area contributed by atoms with E-state index in [0.717, 1.165) is 41.4 Å². The Morgan fingerprint density at radius 3 is 2.54 bits per heavy atom. The van der Waals surface area contributed by atoms with Crippen molar-refractivity contribution in [3.05, 3.63) is 76.0 Å². The smallest absolute Gasteiger partial charge is 0.335 e. The quantitative estimate of drug-likeness (QED) is 0.301. The van der Waals surface area contributed by atoms with Crippen LogP contribution < -0.4 is 4.74 Å². The van der Waals surface area contributed by atoms with Crippen LogP contribution in [-0.4, -0.2) is 32.4 Å². The Morgan fingerprint density at radius 2 is 1.89 bits per heavy atom. The van der Waals surface area contributed by atoms with Crippen LogP contribution in [-0.2, 0) is 4.74 Å². The molecule has 0 aliphatic carbocycles. The standard InChI is InChI=1S/C26H23Cl2N3O4/c1-15(24-20(27)13-29-14-21(24)28)35-18-9-10-22-19(12-18)25(16-5-7-17(8-6-16)26(32)33)30-31(22)23-4-2-3-11-34-23/h5-10,12-15,23H,2-4,11H2,1H3,(H,32,33)/t15-,23?/m1/s1. The highest BCUT2D eigenvalue weighted by molar-refractivity contribution is 6.35. The monoisotopic (exact) mass is 511 g/mol. The molecule has 3 heterocycles. The number of carboxylic acids is 1. The minimum Gasteiger partial charge on any atom is -0.486 e. The van der Waals surface area contributed by atoms with Crippen LogP contribution in [0.4, 0.5) is 0 Å². The van der Waals surface area contributed by atoms with E-state index in [0.29, 0.717) is 28.0 Å². The van der Waals surface area contributed by atoms with Crippen LogP contribution >= 0.6 is 23.2 Å². The molecule has 2 atom stereocenters. The largest absolute Gasteiger partial charge is 0.486 e. The Hall–Kier alpha value is -3.13. The molecule has 2 aromatic carbocycles. The van der Waals surface area contributed by atoms with Crippen LogP contribution in [0.1, 0.15) is 54.4 Å². The fraction of sp³-hybridized carbons (Fsp3) is 0.269. The molecule has 1 fully saturated rings. The van der Waals surface area contributed by atoms with Crippen LogP contribution in [0.2, 0.25) is 10.0 Å². The summed E-state index contributed by atoms with van der Waals surface area (Å²) in [4.78, 5) is 15.3. The van der Waals surface area contributed by atoms with Gasteiger partial charge in [0.05, 0.1) is 21.1 Å². The molecule has 9 heteroatoms. The van der Waals surface area contributed by atoms with E-state index in [4.69, 9.17) is 37.8 Å². The number of fused-ring (bicyclic) bond motifs is 1. The number of hydrogen-bond donors (Lipinski definition) is 1. The third-order valence-corrected chi connectivity index (χ3v) is 6.72. The minimum atomic E-state index is -0.972. The molecular weight excluding hydrogens is 489 g/mol. The number of halogens is 2. The fourth-order valence-electron chi connectivity index (χ4n) is 4.39. The van der Waals surface area contributed by atoms with E-state index in [2.05, 4.69) is 4.98 Å². The second-order valence-electron chi connectivity index (χ2n) is 8.45. The van der Waals surface area contributed by atoms with Crippen molar-refractivity contribution in [2.75, 3.05) is 6.61 Å². The van der Waals surface area contributed by atoms with Crippen LogP contribution in [0.25, 0.3) is 22.2 Å². The molecule has 1 N–H and O–H groups in total. The van der Waals surface area contributed by atoms with Crippen molar-refractivity contribution in [2.45, 2.75) is 38.5 Å². The fourth-order valence-corrected chi connectivity index (χ4v) is 5.06. The van der Waals surface area contributed by atoms with E-state index < -0.39 is 12.1 Å². The molecule has 0 amide bonds. The average molecular weight is 512 g/mol. The molecular formula is C26H23Cl2N3O4. The molecule has 0 saturated carbocycles. The lowest BCUT2D eigenvalue weighted by atomic mass is 10.1. The lowest BCUT2D eigenvalue weighted by Gasteiger charge is -2.23. The predicted molar refractivity (Wildman–Crippen MR) is 134 cm³/mol. The van der Waals surface area contributed by atoms with Gasteiger partial charge in [0.15, 0.2) is 6.23 Å². The minimum absolute atomic E-state index is 0.154. The number of pyridine rings is 1. The Labute approximate surface area is 212 Å². The summed E-state index contributed by atoms with van der Waals surface area (Å²) < 4.78 is 14.1. The molecule has 180 valence electrons. The van der Waals surface area contributed by atoms with Gasteiger partial charge >= 0.3 is 5.97 Å². The number of ether oxygens (including phenoxy) is 2. The lowest BCUT2D eigenvalue weighted by Crippen LogP contribution is -2.19. The first-order valence-electron chi connectivity index (χ1n) is 11.4. The first-order chi connectivity index (χ1) is 16.9. The second-order valence-corrected chi connectivity index (χ2v) is 9.27. The summed E-state index contributed by atoms with van der Waals surface area (Å²) in [5.41, 5.74) is 3.33. The SMILES string of the molecule is C[C@@H](Oc1ccc2c(c1)c(-c1ccc(C(=O)O)cc1)nn2C1CCCCO1)c1c(Cl)cncc1Cl. The predicted octanol–water partition coefficient (Wildman–Crippen LogP) is 6.94. The van der Waals surface area contributed by atoms with Crippen molar-refractivity contribution in [3.8, 4) is 17.0 Å². The molecule has 0 spiro atoms. The third kappa shape index (κ3) is 4.72. The van der Waals surface area contributed by atoms with Crippen molar-refractivity contribution in [2.24, 2.45) is 0 Å². The summed E-state index contributed by atoms with van der Waals surface area (Å²) in [6.45, 7) is 2.57. The first-order valence-corrected chi connectivity index (χ1v) is 12.1. The number of aromatic carboxylic acids is 1. The highest BCUT2D eigenvalue weighted by Crippen LogP contribution is 2.37. The van der Waals surface area contributed by atoms with Crippen LogP contribution in [0.3, 0.4) is 0 Å². The van der Waals surface area contributed by atoms with Gasteiger partial charge in [-0.3, -0.25) is 4.98 Å². The number of carboxylic acid groups (broad SMARTS) is 1. The van der Waals surface area contributed by atoms with Gasteiger partial charge in [-0.1, -0.05) is 35.3 Å². The molecule has 1 aliphatic heterocycles. The Balaban J connectivity index is 1.57. The van der Waals surface area contributed by atoms with Gasteiger partial charge < -0.3 is 14.6 Å². The number of benzene rings is 2. The second kappa shape index (κ2) is 9.85. The van der Waals surface area contributed by atoms with E-state index in [1.807, 2.05) is 29.8 Å². The van der Waals surface area contributed by atoms with Gasteiger partial charge in [-0.15, -0.1) is 0 Å². The van der Waals surface area contributed by atoms with Crippen molar-refractivity contribution in [1.29, 1.82) is 0 Å². The Bertz CT molecular complexity index is 1360. The molecule has 4 aromatic rings. The maximum absolute atomic E-state index is 11.3. The molecule has 7 nitrogen and oxygen atoms in total. The van der Waals surface area contributed by atoms with Gasteiger partial charge in [-0.2, -0.15) is 5.10 Å². The molecule has 35 heavy (non-hydrogen) atoms. The Kier molecular flexibility index (Phi) is 6.65. The van der Waals surface area contributed by atoms with Gasteiger partial charge in [-0.25, -0.2) is 9.48 Å². The summed E-state index contributed by atoms with van der Waals surface area (Å²) in [6, 6.07) is 12.5. The van der Waals surface area contributed by atoms with E-state index in [9.17, 15) is 9.90 Å². The van der Waals surface area contributed by atoms with Crippen molar-refractivity contribution in [3.63, 3.8) is 0 Å². The zero-order chi connectivity index (χ0) is 24.5. The maximum Gasteiger partial charge on any atom is 0.335 e. The van der Waals surface area contributed by atoms with Crippen molar-refractivity contribution >= 4 is 40.1 Å². The van der Waals surface area contributed by atoms with Gasteiger partial charge in [0.2, 0.25) is 0 Å². The Morgan fingerprint density at radius 1 is 1.14 bits per heavy atom. The number of aromatic nitrogens is 3. The van der Waals surface area contributed by atoms with Gasteiger partial charge in [0, 0.05) is 35.5 Å². The zero-order valence-electron chi connectivity index (χ0n) is 18.9. The molecule has 1 aliphatic rings.